The number of carbonyl (C=O) groups is 1. The molecular weight excluding hydrogens is 152 g/mol. The van der Waals surface area contributed by atoms with Gasteiger partial charge in [-0.3, -0.25) is 4.79 Å². The Bertz CT molecular complexity index is 101. The van der Waals surface area contributed by atoms with E-state index in [0.29, 0.717) is 6.42 Å². The fourth-order valence-electron chi connectivity index (χ4n) is 0.482. The molecule has 0 radical (unpaired) electrons. The summed E-state index contributed by atoms with van der Waals surface area (Å²) in [6.45, 7) is 1.87. The van der Waals surface area contributed by atoms with Gasteiger partial charge in [0, 0.05) is 13.5 Å². The molecule has 3 nitrogen and oxygen atoms in total. The van der Waals surface area contributed by atoms with Crippen LogP contribution in [0.3, 0.4) is 0 Å². The molecule has 0 aliphatic heterocycles. The highest BCUT2D eigenvalue weighted by Gasteiger charge is 2.08. The van der Waals surface area contributed by atoms with Gasteiger partial charge in [0.15, 0.2) is 0 Å². The molecule has 10 heavy (non-hydrogen) atoms. The molecule has 0 heterocycles. The molecule has 0 bridgehead atoms. The van der Waals surface area contributed by atoms with Gasteiger partial charge >= 0.3 is 5.97 Å². The Hall–Kier alpha value is -0.220. The minimum Gasteiger partial charge on any atom is -0.435 e. The normalized spacial score (nSPS) is 12.7. The molecule has 60 valence electrons. The van der Waals surface area contributed by atoms with Crippen molar-refractivity contribution in [3.8, 4) is 0 Å². The van der Waals surface area contributed by atoms with E-state index < -0.39 is 6.29 Å². The molecule has 0 N–H and O–H groups in total. The summed E-state index contributed by atoms with van der Waals surface area (Å²) in [6, 6.07) is 0. The second-order valence-electron chi connectivity index (χ2n) is 1.72. The number of ether oxygens (including phenoxy) is 2. The van der Waals surface area contributed by atoms with E-state index in [2.05, 4.69) is 12.6 Å². The largest absolute Gasteiger partial charge is 0.435 e. The fraction of sp³-hybridized carbons (Fsp3) is 0.833. The van der Waals surface area contributed by atoms with Crippen molar-refractivity contribution in [3.05, 3.63) is 0 Å². The Labute approximate surface area is 66.1 Å². The number of esters is 1. The van der Waals surface area contributed by atoms with E-state index in [4.69, 9.17) is 9.47 Å². The van der Waals surface area contributed by atoms with Crippen molar-refractivity contribution in [2.45, 2.75) is 19.6 Å². The first-order valence-corrected chi connectivity index (χ1v) is 3.71. The van der Waals surface area contributed by atoms with Gasteiger partial charge in [-0.15, -0.1) is 0 Å². The Morgan fingerprint density at radius 1 is 1.70 bits per heavy atom. The van der Waals surface area contributed by atoms with Gasteiger partial charge in [-0.25, -0.2) is 0 Å². The van der Waals surface area contributed by atoms with E-state index in [-0.39, 0.29) is 11.7 Å². The third-order valence-corrected chi connectivity index (χ3v) is 1.25. The lowest BCUT2D eigenvalue weighted by atomic mass is 10.5. The molecule has 0 fully saturated rings. The zero-order valence-corrected chi connectivity index (χ0v) is 7.06. The molecule has 0 aromatic heterocycles. The predicted molar refractivity (Wildman–Crippen MR) is 41.0 cm³/mol. The zero-order chi connectivity index (χ0) is 7.98. The van der Waals surface area contributed by atoms with Crippen molar-refractivity contribution in [2.24, 2.45) is 0 Å². The minimum absolute atomic E-state index is 0.0971. The molecule has 1 atom stereocenters. The number of methoxy groups -OCH3 is 1. The van der Waals surface area contributed by atoms with Gasteiger partial charge < -0.3 is 9.47 Å². The lowest BCUT2D eigenvalue weighted by molar-refractivity contribution is -0.170. The first-order valence-electron chi connectivity index (χ1n) is 3.07. The average molecular weight is 164 g/mol. The van der Waals surface area contributed by atoms with Crippen molar-refractivity contribution in [3.63, 3.8) is 0 Å². The molecule has 0 saturated carbocycles. The molecule has 0 aliphatic carbocycles. The van der Waals surface area contributed by atoms with E-state index in [1.54, 1.807) is 0 Å². The SMILES string of the molecule is CCC(OC)OC(=O)CS. The smallest absolute Gasteiger partial charge is 0.317 e. The Morgan fingerprint density at radius 2 is 2.30 bits per heavy atom. The van der Waals surface area contributed by atoms with E-state index >= 15 is 0 Å². The van der Waals surface area contributed by atoms with Crippen LogP contribution in [0.2, 0.25) is 0 Å². The van der Waals surface area contributed by atoms with Gasteiger partial charge in [0.05, 0.1) is 5.75 Å². The molecule has 0 aromatic carbocycles. The van der Waals surface area contributed by atoms with Gasteiger partial charge in [-0.05, 0) is 0 Å². The predicted octanol–water partition coefficient (Wildman–Crippen LogP) is 0.842. The third kappa shape index (κ3) is 3.74. The molecule has 0 spiro atoms. The number of hydrogen-bond acceptors (Lipinski definition) is 4. The van der Waals surface area contributed by atoms with Gasteiger partial charge in [-0.1, -0.05) is 6.92 Å². The summed E-state index contributed by atoms with van der Waals surface area (Å²) in [5.74, 6) is -0.253. The topological polar surface area (TPSA) is 35.5 Å². The van der Waals surface area contributed by atoms with Crippen LogP contribution in [0.5, 0.6) is 0 Å². The quantitative estimate of drug-likeness (QED) is 0.380. The molecular formula is C6H12O3S. The molecule has 1 unspecified atom stereocenters. The maximum Gasteiger partial charge on any atom is 0.317 e. The van der Waals surface area contributed by atoms with Crippen LogP contribution in [-0.2, 0) is 14.3 Å². The molecule has 0 rings (SSSR count). The van der Waals surface area contributed by atoms with Crippen molar-refractivity contribution in [1.29, 1.82) is 0 Å². The van der Waals surface area contributed by atoms with Crippen LogP contribution in [0.15, 0.2) is 0 Å². The van der Waals surface area contributed by atoms with E-state index in [9.17, 15) is 4.79 Å². The molecule has 4 heteroatoms. The van der Waals surface area contributed by atoms with Crippen LogP contribution >= 0.6 is 12.6 Å². The van der Waals surface area contributed by atoms with Crippen LogP contribution < -0.4 is 0 Å². The standard InChI is InChI=1S/C6H12O3S/c1-3-6(8-2)9-5(7)4-10/h6,10H,3-4H2,1-2H3. The number of carbonyl (C=O) groups excluding carboxylic acids is 1. The minimum atomic E-state index is -0.417. The van der Waals surface area contributed by atoms with Crippen LogP contribution in [0, 0.1) is 0 Å². The van der Waals surface area contributed by atoms with Crippen molar-refractivity contribution >= 4 is 18.6 Å². The number of hydrogen-bond donors (Lipinski definition) is 1. The third-order valence-electron chi connectivity index (χ3n) is 0.988. The number of thiol groups is 1. The maximum atomic E-state index is 10.6. The monoisotopic (exact) mass is 164 g/mol. The van der Waals surface area contributed by atoms with E-state index in [1.807, 2.05) is 6.92 Å². The van der Waals surface area contributed by atoms with Gasteiger partial charge in [0.25, 0.3) is 0 Å². The van der Waals surface area contributed by atoms with Crippen LogP contribution in [-0.4, -0.2) is 25.1 Å². The Kier molecular flexibility index (Phi) is 5.43. The van der Waals surface area contributed by atoms with Crippen LogP contribution in [0.1, 0.15) is 13.3 Å². The van der Waals surface area contributed by atoms with Gasteiger partial charge in [0.2, 0.25) is 6.29 Å². The van der Waals surface area contributed by atoms with Gasteiger partial charge in [-0.2, -0.15) is 12.6 Å². The molecule has 0 aromatic rings. The lowest BCUT2D eigenvalue weighted by Gasteiger charge is -2.12. The molecule has 0 aliphatic rings. The molecule has 0 amide bonds. The fourth-order valence-corrected chi connectivity index (χ4v) is 0.557. The summed E-state index contributed by atoms with van der Waals surface area (Å²) in [6.07, 6.45) is 0.246. The summed E-state index contributed by atoms with van der Waals surface area (Å²) in [4.78, 5) is 10.6. The molecule has 0 saturated heterocycles. The van der Waals surface area contributed by atoms with Crippen molar-refractivity contribution in [2.75, 3.05) is 12.9 Å². The van der Waals surface area contributed by atoms with Gasteiger partial charge in [0.1, 0.15) is 0 Å². The van der Waals surface area contributed by atoms with E-state index in [1.165, 1.54) is 7.11 Å². The summed E-state index contributed by atoms with van der Waals surface area (Å²) in [5, 5.41) is 0. The van der Waals surface area contributed by atoms with E-state index in [0.717, 1.165) is 0 Å². The van der Waals surface area contributed by atoms with Crippen molar-refractivity contribution < 1.29 is 14.3 Å². The van der Waals surface area contributed by atoms with Crippen LogP contribution in [0.25, 0.3) is 0 Å². The lowest BCUT2D eigenvalue weighted by Crippen LogP contribution is -2.19. The number of rotatable bonds is 4. The highest BCUT2D eigenvalue weighted by Crippen LogP contribution is 1.98. The summed E-state index contributed by atoms with van der Waals surface area (Å²) in [5.41, 5.74) is 0. The van der Waals surface area contributed by atoms with Crippen molar-refractivity contribution in [1.82, 2.24) is 0 Å². The Morgan fingerprint density at radius 3 is 2.60 bits per heavy atom. The zero-order valence-electron chi connectivity index (χ0n) is 6.16. The average Bonchev–Trinajstić information content (AvgIpc) is 1.99. The Balaban J connectivity index is 3.52. The highest BCUT2D eigenvalue weighted by molar-refractivity contribution is 7.81. The summed E-state index contributed by atoms with van der Waals surface area (Å²) < 4.78 is 9.56. The highest BCUT2D eigenvalue weighted by atomic mass is 32.1. The second-order valence-corrected chi connectivity index (χ2v) is 2.04. The summed E-state index contributed by atoms with van der Waals surface area (Å²) in [7, 11) is 1.50. The second kappa shape index (κ2) is 5.56. The first kappa shape index (κ1) is 9.78. The van der Waals surface area contributed by atoms with Crippen LogP contribution in [0.4, 0.5) is 0 Å². The summed E-state index contributed by atoms with van der Waals surface area (Å²) >= 11 is 3.74. The first-order chi connectivity index (χ1) is 4.74. The maximum absolute atomic E-state index is 10.6.